The summed E-state index contributed by atoms with van der Waals surface area (Å²) in [7, 11) is 0. The minimum absolute atomic E-state index is 0.0393. The van der Waals surface area contributed by atoms with Crippen molar-refractivity contribution in [3.05, 3.63) is 39.9 Å². The van der Waals surface area contributed by atoms with Gasteiger partial charge in [0.25, 0.3) is 5.69 Å². The predicted molar refractivity (Wildman–Crippen MR) is 70.8 cm³/mol. The first-order valence-electron chi connectivity index (χ1n) is 6.38. The molecule has 1 fully saturated rings. The van der Waals surface area contributed by atoms with Gasteiger partial charge in [0.05, 0.1) is 11.3 Å². The Morgan fingerprint density at radius 3 is 2.74 bits per heavy atom. The maximum Gasteiger partial charge on any atom is 0.269 e. The summed E-state index contributed by atoms with van der Waals surface area (Å²) in [5.74, 6) is -0.0393. The summed E-state index contributed by atoms with van der Waals surface area (Å²) < 4.78 is 0. The Labute approximate surface area is 111 Å². The van der Waals surface area contributed by atoms with Gasteiger partial charge in [-0.25, -0.2) is 0 Å². The molecule has 0 radical (unpaired) electrons. The summed E-state index contributed by atoms with van der Waals surface area (Å²) in [6.45, 7) is 1.82. The Morgan fingerprint density at radius 1 is 1.42 bits per heavy atom. The van der Waals surface area contributed by atoms with E-state index in [9.17, 15) is 14.9 Å². The molecule has 2 rings (SSSR count). The molecule has 1 aliphatic heterocycles. The fraction of sp³-hybridized carbons (Fsp3) is 0.462. The first kappa shape index (κ1) is 13.5. The molecule has 1 aromatic carbocycles. The van der Waals surface area contributed by atoms with Gasteiger partial charge in [-0.1, -0.05) is 12.1 Å². The summed E-state index contributed by atoms with van der Waals surface area (Å²) in [5.41, 5.74) is 0.826. The molecule has 1 aromatic rings. The highest BCUT2D eigenvalue weighted by atomic mass is 16.6. The van der Waals surface area contributed by atoms with Crippen molar-refractivity contribution in [3.8, 4) is 0 Å². The number of hydrogen-bond donors (Lipinski definition) is 2. The molecule has 1 unspecified atom stereocenters. The second kappa shape index (κ2) is 6.29. The number of non-ortho nitro benzene ring substituents is 1. The number of nitro groups is 1. The van der Waals surface area contributed by atoms with E-state index in [0.717, 1.165) is 31.5 Å². The first-order valence-corrected chi connectivity index (χ1v) is 6.38. The summed E-state index contributed by atoms with van der Waals surface area (Å²) in [5, 5.41) is 16.7. The molecule has 2 N–H and O–H groups in total. The fourth-order valence-corrected chi connectivity index (χ4v) is 2.17. The lowest BCUT2D eigenvalue weighted by molar-refractivity contribution is -0.384. The second-order valence-corrected chi connectivity index (χ2v) is 4.71. The van der Waals surface area contributed by atoms with E-state index in [1.165, 1.54) is 12.1 Å². The van der Waals surface area contributed by atoms with Crippen molar-refractivity contribution in [1.29, 1.82) is 0 Å². The zero-order chi connectivity index (χ0) is 13.7. The van der Waals surface area contributed by atoms with Gasteiger partial charge < -0.3 is 10.6 Å². The van der Waals surface area contributed by atoms with Gasteiger partial charge in [-0.3, -0.25) is 14.9 Å². The number of amides is 1. The van der Waals surface area contributed by atoms with Crippen molar-refractivity contribution in [2.75, 3.05) is 13.1 Å². The molecular weight excluding hydrogens is 246 g/mol. The maximum absolute atomic E-state index is 11.8. The van der Waals surface area contributed by atoms with E-state index in [1.807, 2.05) is 0 Å². The van der Waals surface area contributed by atoms with Crippen LogP contribution in [0, 0.1) is 10.1 Å². The van der Waals surface area contributed by atoms with E-state index in [0.29, 0.717) is 0 Å². The van der Waals surface area contributed by atoms with Gasteiger partial charge in [-0.15, -0.1) is 0 Å². The van der Waals surface area contributed by atoms with Crippen LogP contribution in [0.15, 0.2) is 24.3 Å². The van der Waals surface area contributed by atoms with Crippen LogP contribution in [0.25, 0.3) is 0 Å². The third-order valence-electron chi connectivity index (χ3n) is 3.17. The molecule has 1 atom stereocenters. The number of nitrogens with zero attached hydrogens (tertiary/aromatic N) is 1. The Hall–Kier alpha value is -1.95. The van der Waals surface area contributed by atoms with Crippen molar-refractivity contribution in [2.45, 2.75) is 25.3 Å². The van der Waals surface area contributed by atoms with Crippen molar-refractivity contribution in [3.63, 3.8) is 0 Å². The maximum atomic E-state index is 11.8. The largest absolute Gasteiger partial charge is 0.352 e. The number of carbonyl (C=O) groups excluding carboxylic acids is 1. The Bertz CT molecular complexity index is 453. The molecule has 19 heavy (non-hydrogen) atoms. The van der Waals surface area contributed by atoms with E-state index >= 15 is 0 Å². The standard InChI is InChI=1S/C13H17N3O3/c17-13(15-11-2-1-7-14-9-11)8-10-3-5-12(6-4-10)16(18)19/h3-6,11,14H,1-2,7-9H2,(H,15,17). The van der Waals surface area contributed by atoms with Crippen LogP contribution in [0.1, 0.15) is 18.4 Å². The van der Waals surface area contributed by atoms with E-state index in [-0.39, 0.29) is 24.1 Å². The molecule has 102 valence electrons. The lowest BCUT2D eigenvalue weighted by Gasteiger charge is -2.23. The first-order chi connectivity index (χ1) is 9.15. The minimum atomic E-state index is -0.447. The molecule has 0 spiro atoms. The summed E-state index contributed by atoms with van der Waals surface area (Å²) in [4.78, 5) is 21.9. The zero-order valence-corrected chi connectivity index (χ0v) is 10.6. The monoisotopic (exact) mass is 263 g/mol. The Balaban J connectivity index is 1.85. The normalized spacial score (nSPS) is 18.8. The average molecular weight is 263 g/mol. The topological polar surface area (TPSA) is 84.3 Å². The number of nitrogens with one attached hydrogen (secondary N) is 2. The van der Waals surface area contributed by atoms with Crippen molar-refractivity contribution >= 4 is 11.6 Å². The van der Waals surface area contributed by atoms with Gasteiger partial charge in [-0.2, -0.15) is 0 Å². The van der Waals surface area contributed by atoms with Crippen LogP contribution in [0.4, 0.5) is 5.69 Å². The molecule has 0 bridgehead atoms. The number of nitro benzene ring substituents is 1. The van der Waals surface area contributed by atoms with Gasteiger partial charge in [0.15, 0.2) is 0 Å². The minimum Gasteiger partial charge on any atom is -0.352 e. The quantitative estimate of drug-likeness (QED) is 0.627. The van der Waals surface area contributed by atoms with Gasteiger partial charge >= 0.3 is 0 Å². The predicted octanol–water partition coefficient (Wildman–Crippen LogP) is 1.01. The fourth-order valence-electron chi connectivity index (χ4n) is 2.17. The zero-order valence-electron chi connectivity index (χ0n) is 10.6. The van der Waals surface area contributed by atoms with Crippen LogP contribution in [0.5, 0.6) is 0 Å². The van der Waals surface area contributed by atoms with Crippen LogP contribution in [-0.2, 0) is 11.2 Å². The average Bonchev–Trinajstić information content (AvgIpc) is 2.40. The van der Waals surface area contributed by atoms with E-state index in [4.69, 9.17) is 0 Å². The molecule has 6 heteroatoms. The third kappa shape index (κ3) is 4.03. The number of piperidine rings is 1. The molecular formula is C13H17N3O3. The summed E-state index contributed by atoms with van der Waals surface area (Å²) in [6.07, 6.45) is 2.33. The highest BCUT2D eigenvalue weighted by molar-refractivity contribution is 5.79. The molecule has 0 saturated carbocycles. The van der Waals surface area contributed by atoms with Gasteiger partial charge in [0.2, 0.25) is 5.91 Å². The van der Waals surface area contributed by atoms with Gasteiger partial charge in [0.1, 0.15) is 0 Å². The van der Waals surface area contributed by atoms with E-state index in [1.54, 1.807) is 12.1 Å². The molecule has 1 amide bonds. The van der Waals surface area contributed by atoms with Gasteiger partial charge in [-0.05, 0) is 24.9 Å². The lowest BCUT2D eigenvalue weighted by atomic mass is 10.1. The van der Waals surface area contributed by atoms with Crippen molar-refractivity contribution < 1.29 is 9.72 Å². The number of benzene rings is 1. The Kier molecular flexibility index (Phi) is 4.46. The molecule has 0 aliphatic carbocycles. The smallest absolute Gasteiger partial charge is 0.269 e. The second-order valence-electron chi connectivity index (χ2n) is 4.71. The van der Waals surface area contributed by atoms with E-state index in [2.05, 4.69) is 10.6 Å². The molecule has 0 aromatic heterocycles. The SMILES string of the molecule is O=C(Cc1ccc([N+](=O)[O-])cc1)NC1CCCNC1. The summed E-state index contributed by atoms with van der Waals surface area (Å²) >= 11 is 0. The number of carbonyl (C=O) groups is 1. The molecule has 1 aliphatic rings. The summed E-state index contributed by atoms with van der Waals surface area (Å²) in [6, 6.07) is 6.28. The van der Waals surface area contributed by atoms with E-state index < -0.39 is 4.92 Å². The van der Waals surface area contributed by atoms with Crippen molar-refractivity contribution in [2.24, 2.45) is 0 Å². The van der Waals surface area contributed by atoms with Crippen LogP contribution >= 0.6 is 0 Å². The van der Waals surface area contributed by atoms with Crippen molar-refractivity contribution in [1.82, 2.24) is 10.6 Å². The number of hydrogen-bond acceptors (Lipinski definition) is 4. The lowest BCUT2D eigenvalue weighted by Crippen LogP contribution is -2.46. The highest BCUT2D eigenvalue weighted by Gasteiger charge is 2.15. The highest BCUT2D eigenvalue weighted by Crippen LogP contribution is 2.12. The van der Waals surface area contributed by atoms with Crippen LogP contribution in [-0.4, -0.2) is 30.0 Å². The molecule has 1 heterocycles. The van der Waals surface area contributed by atoms with Crippen LogP contribution in [0.3, 0.4) is 0 Å². The Morgan fingerprint density at radius 2 is 2.16 bits per heavy atom. The third-order valence-corrected chi connectivity index (χ3v) is 3.17. The molecule has 6 nitrogen and oxygen atoms in total. The number of rotatable bonds is 4. The molecule has 1 saturated heterocycles. The van der Waals surface area contributed by atoms with Gasteiger partial charge in [0, 0.05) is 24.7 Å². The van der Waals surface area contributed by atoms with Crippen LogP contribution < -0.4 is 10.6 Å². The van der Waals surface area contributed by atoms with Crippen LogP contribution in [0.2, 0.25) is 0 Å².